The number of hydrogen-bond donors (Lipinski definition) is 2. The minimum absolute atomic E-state index is 0.0523. The van der Waals surface area contributed by atoms with Crippen LogP contribution in [0.15, 0.2) is 24.3 Å². The van der Waals surface area contributed by atoms with Crippen LogP contribution in [0.3, 0.4) is 0 Å². The summed E-state index contributed by atoms with van der Waals surface area (Å²) in [5, 5.41) is 6.62. The van der Waals surface area contributed by atoms with Gasteiger partial charge in [0.05, 0.1) is 12.1 Å². The third kappa shape index (κ3) is 5.09. The van der Waals surface area contributed by atoms with Gasteiger partial charge in [-0.1, -0.05) is 19.3 Å². The molecule has 184 valence electrons. The van der Waals surface area contributed by atoms with Crippen molar-refractivity contribution in [2.75, 3.05) is 39.8 Å². The first-order chi connectivity index (χ1) is 16.4. The topological polar surface area (TPSA) is 86.7 Å². The van der Waals surface area contributed by atoms with E-state index in [1.165, 1.54) is 18.6 Å². The van der Waals surface area contributed by atoms with Crippen molar-refractivity contribution < 1.29 is 18.8 Å². The number of piperazine rings is 1. The van der Waals surface area contributed by atoms with Crippen LogP contribution in [0.1, 0.15) is 42.6 Å². The van der Waals surface area contributed by atoms with E-state index < -0.39 is 6.04 Å². The number of carbonyl (C=O) groups is 3. The first kappa shape index (κ1) is 24.2. The van der Waals surface area contributed by atoms with Crippen molar-refractivity contribution in [3.8, 4) is 0 Å². The van der Waals surface area contributed by atoms with Gasteiger partial charge in [0.1, 0.15) is 17.6 Å². The zero-order chi connectivity index (χ0) is 24.2. The quantitative estimate of drug-likeness (QED) is 0.674. The van der Waals surface area contributed by atoms with Crippen molar-refractivity contribution in [3.05, 3.63) is 35.8 Å². The van der Waals surface area contributed by atoms with Crippen LogP contribution < -0.4 is 10.6 Å². The molecule has 1 atom stereocenters. The molecule has 2 aromatic rings. The van der Waals surface area contributed by atoms with Gasteiger partial charge in [-0.2, -0.15) is 0 Å². The maximum atomic E-state index is 13.6. The maximum Gasteiger partial charge on any atom is 0.270 e. The Morgan fingerprint density at radius 3 is 2.38 bits per heavy atom. The summed E-state index contributed by atoms with van der Waals surface area (Å²) in [6, 6.07) is 5.75. The number of benzene rings is 1. The van der Waals surface area contributed by atoms with E-state index in [4.69, 9.17) is 0 Å². The van der Waals surface area contributed by atoms with Crippen molar-refractivity contribution >= 4 is 28.6 Å². The minimum Gasteiger partial charge on any atom is -0.343 e. The van der Waals surface area contributed by atoms with Crippen LogP contribution in [-0.2, 0) is 16.6 Å². The van der Waals surface area contributed by atoms with Crippen molar-refractivity contribution in [1.29, 1.82) is 0 Å². The van der Waals surface area contributed by atoms with E-state index in [0.29, 0.717) is 37.4 Å². The molecule has 0 spiro atoms. The molecule has 4 rings (SSSR count). The lowest BCUT2D eigenvalue weighted by Gasteiger charge is -2.39. The highest BCUT2D eigenvalue weighted by atomic mass is 19.1. The Kier molecular flexibility index (Phi) is 7.50. The Morgan fingerprint density at radius 1 is 1.03 bits per heavy atom. The largest absolute Gasteiger partial charge is 0.343 e. The molecule has 2 fully saturated rings. The molecule has 9 heteroatoms. The van der Waals surface area contributed by atoms with Crippen molar-refractivity contribution in [2.24, 2.45) is 13.0 Å². The summed E-state index contributed by atoms with van der Waals surface area (Å²) in [6.45, 7) is 1.86. The molecule has 1 aromatic heterocycles. The molecular weight excluding hydrogens is 437 g/mol. The predicted octanol–water partition coefficient (Wildman–Crippen LogP) is 1.89. The number of halogens is 1. The number of likely N-dealkylation sites (N-methyl/N-ethyl adjacent to an activating group) is 1. The Balaban J connectivity index is 1.42. The third-order valence-corrected chi connectivity index (χ3v) is 7.15. The molecule has 0 radical (unpaired) electrons. The van der Waals surface area contributed by atoms with E-state index in [0.717, 1.165) is 31.1 Å². The summed E-state index contributed by atoms with van der Waals surface area (Å²) < 4.78 is 15.4. The van der Waals surface area contributed by atoms with Crippen LogP contribution in [0.25, 0.3) is 10.9 Å². The van der Waals surface area contributed by atoms with Gasteiger partial charge in [-0.05, 0) is 50.1 Å². The number of aromatic nitrogens is 1. The van der Waals surface area contributed by atoms with Gasteiger partial charge in [0.25, 0.3) is 5.91 Å². The standard InChI is InChI=1S/C25H34FN5O3/c1-27-16-22(32)28-23(17-6-4-3-5-7-17)25(34)31-12-10-30(11-13-31)24(33)21-14-18-8-9-19(26)15-20(18)29(21)2/h8-9,14-15,17,23,27H,3-7,10-13,16H2,1-2H3,(H,28,32). The summed E-state index contributed by atoms with van der Waals surface area (Å²) in [5.41, 5.74) is 1.17. The summed E-state index contributed by atoms with van der Waals surface area (Å²) >= 11 is 0. The lowest BCUT2D eigenvalue weighted by atomic mass is 9.83. The maximum absolute atomic E-state index is 13.6. The molecule has 1 aromatic carbocycles. The van der Waals surface area contributed by atoms with Gasteiger partial charge >= 0.3 is 0 Å². The number of nitrogens with one attached hydrogen (secondary N) is 2. The normalized spacial score (nSPS) is 18.2. The van der Waals surface area contributed by atoms with E-state index in [-0.39, 0.29) is 36.0 Å². The van der Waals surface area contributed by atoms with Crippen LogP contribution >= 0.6 is 0 Å². The number of rotatable bonds is 6. The number of aryl methyl sites for hydroxylation is 1. The van der Waals surface area contributed by atoms with E-state index in [1.54, 1.807) is 40.6 Å². The molecule has 1 aliphatic carbocycles. The number of fused-ring (bicyclic) bond motifs is 1. The van der Waals surface area contributed by atoms with E-state index >= 15 is 0 Å². The van der Waals surface area contributed by atoms with Crippen molar-refractivity contribution in [2.45, 2.75) is 38.1 Å². The summed E-state index contributed by atoms with van der Waals surface area (Å²) in [7, 11) is 3.47. The van der Waals surface area contributed by atoms with Gasteiger partial charge in [0.2, 0.25) is 11.8 Å². The Hall–Kier alpha value is -2.94. The molecular formula is C25H34FN5O3. The van der Waals surface area contributed by atoms with Crippen LogP contribution in [0, 0.1) is 11.7 Å². The minimum atomic E-state index is -0.517. The van der Waals surface area contributed by atoms with E-state index in [1.807, 2.05) is 0 Å². The number of amides is 3. The molecule has 2 N–H and O–H groups in total. The molecule has 1 saturated heterocycles. The molecule has 0 bridgehead atoms. The number of carbonyl (C=O) groups excluding carboxylic acids is 3. The van der Waals surface area contributed by atoms with Crippen LogP contribution in [-0.4, -0.2) is 77.9 Å². The fraction of sp³-hybridized carbons (Fsp3) is 0.560. The molecule has 3 amide bonds. The number of nitrogens with zero attached hydrogens (tertiary/aromatic N) is 3. The molecule has 8 nitrogen and oxygen atoms in total. The first-order valence-electron chi connectivity index (χ1n) is 12.2. The third-order valence-electron chi connectivity index (χ3n) is 7.15. The lowest BCUT2D eigenvalue weighted by molar-refractivity contribution is -0.139. The Morgan fingerprint density at radius 2 is 1.71 bits per heavy atom. The lowest BCUT2D eigenvalue weighted by Crippen LogP contribution is -2.58. The summed E-state index contributed by atoms with van der Waals surface area (Å²) in [6.07, 6.45) is 5.21. The SMILES string of the molecule is CNCC(=O)NC(C(=O)N1CCN(C(=O)c2cc3ccc(F)cc3n2C)CC1)C1CCCCC1. The van der Waals surface area contributed by atoms with Gasteiger partial charge in [-0.15, -0.1) is 0 Å². The van der Waals surface area contributed by atoms with Gasteiger partial charge in [-0.3, -0.25) is 14.4 Å². The van der Waals surface area contributed by atoms with Gasteiger partial charge in [-0.25, -0.2) is 4.39 Å². The Labute approximate surface area is 199 Å². The van der Waals surface area contributed by atoms with Crippen LogP contribution in [0.4, 0.5) is 4.39 Å². The molecule has 34 heavy (non-hydrogen) atoms. The van der Waals surface area contributed by atoms with Gasteiger partial charge < -0.3 is 25.0 Å². The van der Waals surface area contributed by atoms with Gasteiger partial charge in [0.15, 0.2) is 0 Å². The molecule has 2 aliphatic rings. The average molecular weight is 472 g/mol. The fourth-order valence-electron chi connectivity index (χ4n) is 5.23. The van der Waals surface area contributed by atoms with E-state index in [9.17, 15) is 18.8 Å². The van der Waals surface area contributed by atoms with Gasteiger partial charge in [0, 0.05) is 38.6 Å². The van der Waals surface area contributed by atoms with Crippen molar-refractivity contribution in [1.82, 2.24) is 25.0 Å². The first-order valence-corrected chi connectivity index (χ1v) is 12.2. The van der Waals surface area contributed by atoms with E-state index in [2.05, 4.69) is 10.6 Å². The smallest absolute Gasteiger partial charge is 0.270 e. The second-order valence-corrected chi connectivity index (χ2v) is 9.38. The average Bonchev–Trinajstić information content (AvgIpc) is 3.18. The van der Waals surface area contributed by atoms with Crippen LogP contribution in [0.5, 0.6) is 0 Å². The van der Waals surface area contributed by atoms with Crippen LogP contribution in [0.2, 0.25) is 0 Å². The highest BCUT2D eigenvalue weighted by Gasteiger charge is 2.35. The molecule has 1 saturated carbocycles. The summed E-state index contributed by atoms with van der Waals surface area (Å²) in [5.74, 6) is -0.541. The molecule has 2 heterocycles. The van der Waals surface area contributed by atoms with Crippen molar-refractivity contribution in [3.63, 3.8) is 0 Å². The highest BCUT2D eigenvalue weighted by Crippen LogP contribution is 2.28. The number of hydrogen-bond acceptors (Lipinski definition) is 4. The summed E-state index contributed by atoms with van der Waals surface area (Å²) in [4.78, 5) is 42.4. The zero-order valence-corrected chi connectivity index (χ0v) is 20.0. The Bertz CT molecular complexity index is 1050. The predicted molar refractivity (Wildman–Crippen MR) is 128 cm³/mol. The molecule has 1 aliphatic heterocycles. The second-order valence-electron chi connectivity index (χ2n) is 9.38. The molecule has 1 unspecified atom stereocenters. The highest BCUT2D eigenvalue weighted by molar-refractivity contribution is 5.99. The second kappa shape index (κ2) is 10.5. The fourth-order valence-corrected chi connectivity index (χ4v) is 5.23. The monoisotopic (exact) mass is 471 g/mol. The zero-order valence-electron chi connectivity index (χ0n) is 20.0.